The Labute approximate surface area is 118 Å². The highest BCUT2D eigenvalue weighted by Crippen LogP contribution is 2.29. The molecule has 0 aliphatic rings. The van der Waals surface area contributed by atoms with Crippen molar-refractivity contribution in [2.45, 2.75) is 20.3 Å². The van der Waals surface area contributed by atoms with Crippen LogP contribution in [-0.2, 0) is 0 Å². The first-order valence-corrected chi connectivity index (χ1v) is 7.72. The summed E-state index contributed by atoms with van der Waals surface area (Å²) >= 11 is 1.62. The first-order valence-electron chi connectivity index (χ1n) is 6.84. The van der Waals surface area contributed by atoms with Gasteiger partial charge in [0.2, 0.25) is 0 Å². The van der Waals surface area contributed by atoms with Crippen LogP contribution in [0.2, 0.25) is 0 Å². The lowest BCUT2D eigenvalue weighted by Crippen LogP contribution is -2.29. The van der Waals surface area contributed by atoms with E-state index in [0.29, 0.717) is 0 Å². The quantitative estimate of drug-likeness (QED) is 0.764. The van der Waals surface area contributed by atoms with Gasteiger partial charge in [0.25, 0.3) is 0 Å². The zero-order valence-electron chi connectivity index (χ0n) is 11.6. The number of nitrogens with zero attached hydrogens (tertiary/aromatic N) is 2. The number of nitrogen functional groups attached to an aromatic ring is 1. The molecule has 0 spiro atoms. The van der Waals surface area contributed by atoms with Crippen LogP contribution >= 0.6 is 11.3 Å². The Kier molecular flexibility index (Phi) is 4.99. The number of nitrogens with two attached hydrogens (primary N) is 1. The van der Waals surface area contributed by atoms with Crippen molar-refractivity contribution in [3.63, 3.8) is 0 Å². The third-order valence-corrected chi connectivity index (χ3v) is 4.07. The molecule has 0 unspecified atom stereocenters. The molecule has 1 aromatic carbocycles. The average molecular weight is 278 g/mol. The molecule has 0 saturated carbocycles. The molecule has 0 atom stereocenters. The highest BCUT2D eigenvalue weighted by Gasteiger charge is 2.07. The number of aromatic nitrogens is 1. The number of anilines is 2. The van der Waals surface area contributed by atoms with E-state index in [1.54, 1.807) is 11.3 Å². The minimum atomic E-state index is 0.761. The van der Waals surface area contributed by atoms with Crippen LogP contribution in [0.15, 0.2) is 17.6 Å². The summed E-state index contributed by atoms with van der Waals surface area (Å²) in [5.41, 5.74) is 10.6. The van der Waals surface area contributed by atoms with E-state index in [-0.39, 0.29) is 0 Å². The number of rotatable bonds is 7. The summed E-state index contributed by atoms with van der Waals surface area (Å²) in [6, 6.07) is 4.13. The van der Waals surface area contributed by atoms with Crippen LogP contribution in [-0.4, -0.2) is 36.1 Å². The second kappa shape index (κ2) is 6.73. The minimum Gasteiger partial charge on any atom is -0.395 e. The molecule has 2 aromatic rings. The summed E-state index contributed by atoms with van der Waals surface area (Å²) in [5, 5.41) is 3.42. The minimum absolute atomic E-state index is 0.761. The Hall–Kier alpha value is -1.33. The van der Waals surface area contributed by atoms with E-state index in [4.69, 9.17) is 5.73 Å². The topological polar surface area (TPSA) is 54.2 Å². The van der Waals surface area contributed by atoms with Crippen molar-refractivity contribution in [3.8, 4) is 0 Å². The molecule has 0 aliphatic heterocycles. The van der Waals surface area contributed by atoms with Gasteiger partial charge >= 0.3 is 0 Å². The van der Waals surface area contributed by atoms with Gasteiger partial charge in [-0.3, -0.25) is 0 Å². The second-order valence-corrected chi connectivity index (χ2v) is 5.47. The molecule has 0 bridgehead atoms. The fourth-order valence-corrected chi connectivity index (χ4v) is 2.89. The van der Waals surface area contributed by atoms with E-state index in [2.05, 4.69) is 35.1 Å². The molecule has 0 radical (unpaired) electrons. The third-order valence-electron chi connectivity index (χ3n) is 3.27. The summed E-state index contributed by atoms with van der Waals surface area (Å²) in [6.45, 7) is 8.61. The van der Waals surface area contributed by atoms with Gasteiger partial charge in [0.15, 0.2) is 0 Å². The van der Waals surface area contributed by atoms with Crippen molar-refractivity contribution in [2.75, 3.05) is 37.2 Å². The van der Waals surface area contributed by atoms with Crippen LogP contribution in [0.1, 0.15) is 20.3 Å². The first kappa shape index (κ1) is 14.1. The van der Waals surface area contributed by atoms with Gasteiger partial charge in [-0.2, -0.15) is 0 Å². The van der Waals surface area contributed by atoms with Gasteiger partial charge < -0.3 is 16.0 Å². The average Bonchev–Trinajstić information content (AvgIpc) is 2.89. The van der Waals surface area contributed by atoms with Crippen molar-refractivity contribution in [2.24, 2.45) is 0 Å². The maximum absolute atomic E-state index is 6.14. The monoisotopic (exact) mass is 278 g/mol. The molecule has 19 heavy (non-hydrogen) atoms. The SMILES string of the molecule is CCCN(CC)CCNc1ccc2scnc2c1N. The molecule has 5 heteroatoms. The normalized spacial score (nSPS) is 11.3. The second-order valence-electron chi connectivity index (χ2n) is 4.59. The third kappa shape index (κ3) is 3.36. The fourth-order valence-electron chi connectivity index (χ4n) is 2.20. The van der Waals surface area contributed by atoms with E-state index in [1.807, 2.05) is 11.6 Å². The molecule has 4 nitrogen and oxygen atoms in total. The number of benzene rings is 1. The Balaban J connectivity index is 1.96. The van der Waals surface area contributed by atoms with Crippen LogP contribution in [0.3, 0.4) is 0 Å². The van der Waals surface area contributed by atoms with E-state index in [1.165, 1.54) is 6.42 Å². The largest absolute Gasteiger partial charge is 0.395 e. The van der Waals surface area contributed by atoms with Gasteiger partial charge in [0, 0.05) is 13.1 Å². The van der Waals surface area contributed by atoms with Crippen molar-refractivity contribution >= 4 is 32.9 Å². The maximum Gasteiger partial charge on any atom is 0.106 e. The van der Waals surface area contributed by atoms with Gasteiger partial charge in [-0.25, -0.2) is 4.98 Å². The van der Waals surface area contributed by atoms with Crippen molar-refractivity contribution in [1.82, 2.24) is 9.88 Å². The molecule has 0 saturated heterocycles. The lowest BCUT2D eigenvalue weighted by molar-refractivity contribution is 0.300. The van der Waals surface area contributed by atoms with Crippen molar-refractivity contribution in [3.05, 3.63) is 17.6 Å². The van der Waals surface area contributed by atoms with Gasteiger partial charge in [0.1, 0.15) is 5.52 Å². The van der Waals surface area contributed by atoms with E-state index in [0.717, 1.165) is 47.8 Å². The molecule has 3 N–H and O–H groups in total. The number of thiazole rings is 1. The van der Waals surface area contributed by atoms with Crippen molar-refractivity contribution < 1.29 is 0 Å². The fraction of sp³-hybridized carbons (Fsp3) is 0.500. The number of hydrogen-bond donors (Lipinski definition) is 2. The lowest BCUT2D eigenvalue weighted by atomic mass is 10.2. The van der Waals surface area contributed by atoms with Crippen LogP contribution in [0, 0.1) is 0 Å². The van der Waals surface area contributed by atoms with Crippen LogP contribution in [0.4, 0.5) is 11.4 Å². The molecule has 2 rings (SSSR count). The Bertz CT molecular complexity index is 523. The molecule has 0 aliphatic carbocycles. The smallest absolute Gasteiger partial charge is 0.106 e. The zero-order chi connectivity index (χ0) is 13.7. The Morgan fingerprint density at radius 1 is 1.32 bits per heavy atom. The molecule has 104 valence electrons. The molecular formula is C14H22N4S. The number of nitrogens with one attached hydrogen (secondary N) is 1. The lowest BCUT2D eigenvalue weighted by Gasteiger charge is -2.20. The molecule has 1 heterocycles. The summed E-state index contributed by atoms with van der Waals surface area (Å²) in [5.74, 6) is 0. The van der Waals surface area contributed by atoms with Crippen molar-refractivity contribution in [1.29, 1.82) is 0 Å². The van der Waals surface area contributed by atoms with Crippen LogP contribution in [0.5, 0.6) is 0 Å². The van der Waals surface area contributed by atoms with Gasteiger partial charge in [-0.15, -0.1) is 11.3 Å². The Morgan fingerprint density at radius 3 is 2.89 bits per heavy atom. The predicted octanol–water partition coefficient (Wildman–Crippen LogP) is 3.02. The first-order chi connectivity index (χ1) is 9.26. The summed E-state index contributed by atoms with van der Waals surface area (Å²) < 4.78 is 1.14. The predicted molar refractivity (Wildman–Crippen MR) is 84.9 cm³/mol. The standard InChI is InChI=1S/C14H22N4S/c1-3-8-18(4-2)9-7-16-11-5-6-12-14(13(11)15)17-10-19-12/h5-6,10,16H,3-4,7-9,15H2,1-2H3. The van der Waals surface area contributed by atoms with Crippen LogP contribution in [0.25, 0.3) is 10.2 Å². The number of hydrogen-bond acceptors (Lipinski definition) is 5. The maximum atomic E-state index is 6.14. The highest BCUT2D eigenvalue weighted by molar-refractivity contribution is 7.16. The van der Waals surface area contributed by atoms with E-state index >= 15 is 0 Å². The summed E-state index contributed by atoms with van der Waals surface area (Å²) in [4.78, 5) is 6.75. The Morgan fingerprint density at radius 2 is 2.16 bits per heavy atom. The molecule has 0 amide bonds. The summed E-state index contributed by atoms with van der Waals surface area (Å²) in [6.07, 6.45) is 1.20. The van der Waals surface area contributed by atoms with Gasteiger partial charge in [0.05, 0.1) is 21.6 Å². The highest BCUT2D eigenvalue weighted by atomic mass is 32.1. The van der Waals surface area contributed by atoms with E-state index in [9.17, 15) is 0 Å². The molecule has 1 aromatic heterocycles. The molecule has 0 fully saturated rings. The number of fused-ring (bicyclic) bond motifs is 1. The van der Waals surface area contributed by atoms with Gasteiger partial charge in [-0.1, -0.05) is 13.8 Å². The van der Waals surface area contributed by atoms with E-state index < -0.39 is 0 Å². The zero-order valence-corrected chi connectivity index (χ0v) is 12.5. The van der Waals surface area contributed by atoms with Gasteiger partial charge in [-0.05, 0) is 31.6 Å². The number of likely N-dealkylation sites (N-methyl/N-ethyl adjacent to an activating group) is 1. The van der Waals surface area contributed by atoms with Crippen LogP contribution < -0.4 is 11.1 Å². The molecular weight excluding hydrogens is 256 g/mol. The summed E-state index contributed by atoms with van der Waals surface area (Å²) in [7, 11) is 0.